The molecule has 1 N–H and O–H groups in total. The second kappa shape index (κ2) is 1.89. The number of hydrogen-bond acceptors (Lipinski definition) is 1. The van der Waals surface area contributed by atoms with E-state index in [0.29, 0.717) is 0 Å². The lowest BCUT2D eigenvalue weighted by Gasteiger charge is -2.63. The topological polar surface area (TPSA) is 12.0 Å². The Morgan fingerprint density at radius 1 is 1.17 bits per heavy atom. The van der Waals surface area contributed by atoms with E-state index < -0.39 is 0 Å². The van der Waals surface area contributed by atoms with Crippen molar-refractivity contribution >= 4 is 0 Å². The monoisotopic (exact) mass is 165 g/mol. The molecule has 3 rings (SSSR count). The first-order chi connectivity index (χ1) is 5.67. The molecule has 12 heavy (non-hydrogen) atoms. The van der Waals surface area contributed by atoms with Gasteiger partial charge < -0.3 is 5.32 Å². The smallest absolute Gasteiger partial charge is 0.00147 e. The van der Waals surface area contributed by atoms with E-state index in [0.717, 1.165) is 22.7 Å². The quantitative estimate of drug-likeness (QED) is 0.579. The summed E-state index contributed by atoms with van der Waals surface area (Å²) in [5, 5.41) is 3.59. The molecule has 4 unspecified atom stereocenters. The summed E-state index contributed by atoms with van der Waals surface area (Å²) in [4.78, 5) is 0. The maximum Gasteiger partial charge on any atom is -0.00147 e. The van der Waals surface area contributed by atoms with Crippen molar-refractivity contribution in [2.75, 3.05) is 13.1 Å². The second-order valence-corrected chi connectivity index (χ2v) is 5.64. The highest BCUT2D eigenvalue weighted by atomic mass is 14.9. The van der Waals surface area contributed by atoms with Gasteiger partial charge >= 0.3 is 0 Å². The van der Waals surface area contributed by atoms with E-state index >= 15 is 0 Å². The van der Waals surface area contributed by atoms with Gasteiger partial charge in [-0.3, -0.25) is 0 Å². The van der Waals surface area contributed by atoms with Crippen LogP contribution >= 0.6 is 0 Å². The molecule has 0 amide bonds. The van der Waals surface area contributed by atoms with E-state index in [-0.39, 0.29) is 0 Å². The van der Waals surface area contributed by atoms with Gasteiger partial charge in [0.25, 0.3) is 0 Å². The van der Waals surface area contributed by atoms with Crippen LogP contribution in [0, 0.1) is 22.7 Å². The van der Waals surface area contributed by atoms with Gasteiger partial charge in [0.15, 0.2) is 0 Å². The fourth-order valence-corrected chi connectivity index (χ4v) is 4.36. The molecule has 0 aromatic rings. The Kier molecular flexibility index (Phi) is 1.16. The zero-order valence-corrected chi connectivity index (χ0v) is 8.19. The van der Waals surface area contributed by atoms with Crippen LogP contribution in [0.5, 0.6) is 0 Å². The van der Waals surface area contributed by atoms with Crippen molar-refractivity contribution in [3.63, 3.8) is 0 Å². The third-order valence-corrected chi connectivity index (χ3v) is 5.52. The third kappa shape index (κ3) is 0.555. The van der Waals surface area contributed by atoms with Crippen LogP contribution in [0.25, 0.3) is 0 Å². The number of hydrogen-bond donors (Lipinski definition) is 1. The fraction of sp³-hybridized carbons (Fsp3) is 1.00. The zero-order chi connectivity index (χ0) is 8.40. The van der Waals surface area contributed by atoms with E-state index in [1.54, 1.807) is 0 Å². The summed E-state index contributed by atoms with van der Waals surface area (Å²) in [7, 11) is 0. The normalized spacial score (nSPS) is 62.5. The molecule has 3 aliphatic rings. The number of nitrogens with one attached hydrogen (secondary N) is 1. The molecule has 0 bridgehead atoms. The minimum atomic E-state index is 0.720. The summed E-state index contributed by atoms with van der Waals surface area (Å²) in [6.45, 7) is 7.67. The van der Waals surface area contributed by atoms with Crippen LogP contribution in [0.3, 0.4) is 0 Å². The highest BCUT2D eigenvalue weighted by Gasteiger charge is 2.66. The molecule has 68 valence electrons. The van der Waals surface area contributed by atoms with Gasteiger partial charge in [-0.25, -0.2) is 0 Å². The van der Waals surface area contributed by atoms with Crippen LogP contribution in [0.1, 0.15) is 33.1 Å². The van der Waals surface area contributed by atoms with Gasteiger partial charge in [-0.05, 0) is 55.0 Å². The maximum atomic E-state index is 3.59. The van der Waals surface area contributed by atoms with Gasteiger partial charge in [-0.1, -0.05) is 13.8 Å². The molecule has 1 nitrogen and oxygen atoms in total. The molecule has 2 saturated carbocycles. The summed E-state index contributed by atoms with van der Waals surface area (Å²) < 4.78 is 0. The van der Waals surface area contributed by atoms with Gasteiger partial charge in [-0.2, -0.15) is 0 Å². The molecule has 1 heterocycles. The molecule has 0 aromatic carbocycles. The van der Waals surface area contributed by atoms with Crippen LogP contribution in [0.4, 0.5) is 0 Å². The number of rotatable bonds is 0. The van der Waals surface area contributed by atoms with Crippen molar-refractivity contribution in [2.24, 2.45) is 22.7 Å². The van der Waals surface area contributed by atoms with Crippen molar-refractivity contribution < 1.29 is 0 Å². The van der Waals surface area contributed by atoms with Crippen molar-refractivity contribution in [3.8, 4) is 0 Å². The minimum Gasteiger partial charge on any atom is -0.316 e. The first-order valence-corrected chi connectivity index (χ1v) is 5.37. The van der Waals surface area contributed by atoms with E-state index in [4.69, 9.17) is 0 Å². The van der Waals surface area contributed by atoms with E-state index in [2.05, 4.69) is 19.2 Å². The third-order valence-electron chi connectivity index (χ3n) is 5.52. The second-order valence-electron chi connectivity index (χ2n) is 5.64. The average molecular weight is 165 g/mol. The predicted molar refractivity (Wildman–Crippen MR) is 49.9 cm³/mol. The average Bonchev–Trinajstić information content (AvgIpc) is 2.30. The largest absolute Gasteiger partial charge is 0.316 e. The van der Waals surface area contributed by atoms with Crippen molar-refractivity contribution in [1.82, 2.24) is 5.32 Å². The molecule has 4 atom stereocenters. The lowest BCUT2D eigenvalue weighted by atomic mass is 9.43. The van der Waals surface area contributed by atoms with E-state index in [9.17, 15) is 0 Å². The maximum absolute atomic E-state index is 3.59. The number of piperidine rings is 1. The summed E-state index contributed by atoms with van der Waals surface area (Å²) in [5.74, 6) is 2.00. The summed E-state index contributed by atoms with van der Waals surface area (Å²) in [6, 6.07) is 0. The Balaban J connectivity index is 2.01. The molecule has 1 aliphatic heterocycles. The Morgan fingerprint density at radius 2 is 1.92 bits per heavy atom. The highest BCUT2D eigenvalue weighted by molar-refractivity contribution is 5.16. The predicted octanol–water partition coefficient (Wildman–Crippen LogP) is 2.03. The van der Waals surface area contributed by atoms with Crippen LogP contribution in [-0.2, 0) is 0 Å². The molecule has 0 aromatic heterocycles. The first-order valence-electron chi connectivity index (χ1n) is 5.37. The molecule has 1 heteroatoms. The van der Waals surface area contributed by atoms with Gasteiger partial charge in [0.2, 0.25) is 0 Å². The van der Waals surface area contributed by atoms with Gasteiger partial charge in [-0.15, -0.1) is 0 Å². The SMILES string of the molecule is CC12CCC3CNCC(C1)C32C. The Bertz CT molecular complexity index is 225. The van der Waals surface area contributed by atoms with Crippen molar-refractivity contribution in [2.45, 2.75) is 33.1 Å². The Labute approximate surface area is 74.9 Å². The van der Waals surface area contributed by atoms with Crippen molar-refractivity contribution in [3.05, 3.63) is 0 Å². The highest BCUT2D eigenvalue weighted by Crippen LogP contribution is 2.72. The van der Waals surface area contributed by atoms with Crippen LogP contribution in [0.15, 0.2) is 0 Å². The molecule has 2 aliphatic carbocycles. The molecular formula is C11H19N. The standard InChI is InChI=1S/C11H19N/c1-10-4-3-8-6-12-7-9(5-10)11(8,10)2/h8-9,12H,3-7H2,1-2H3. The van der Waals surface area contributed by atoms with Crippen LogP contribution in [-0.4, -0.2) is 13.1 Å². The summed E-state index contributed by atoms with van der Waals surface area (Å²) >= 11 is 0. The van der Waals surface area contributed by atoms with E-state index in [1.807, 2.05) is 0 Å². The lowest BCUT2D eigenvalue weighted by Crippen LogP contribution is -2.62. The molecule has 0 spiro atoms. The van der Waals surface area contributed by atoms with Gasteiger partial charge in [0, 0.05) is 0 Å². The van der Waals surface area contributed by atoms with Crippen molar-refractivity contribution in [1.29, 1.82) is 0 Å². The zero-order valence-electron chi connectivity index (χ0n) is 8.19. The minimum absolute atomic E-state index is 0.720. The molecule has 0 radical (unpaired) electrons. The first kappa shape index (κ1) is 7.37. The van der Waals surface area contributed by atoms with E-state index in [1.165, 1.54) is 32.4 Å². The van der Waals surface area contributed by atoms with Gasteiger partial charge in [0.05, 0.1) is 0 Å². The Hall–Kier alpha value is -0.0400. The summed E-state index contributed by atoms with van der Waals surface area (Å²) in [6.07, 6.45) is 4.47. The van der Waals surface area contributed by atoms with Crippen LogP contribution < -0.4 is 5.32 Å². The van der Waals surface area contributed by atoms with Gasteiger partial charge in [0.1, 0.15) is 0 Å². The van der Waals surface area contributed by atoms with Crippen LogP contribution in [0.2, 0.25) is 0 Å². The molecular weight excluding hydrogens is 146 g/mol. The fourth-order valence-electron chi connectivity index (χ4n) is 4.36. The Morgan fingerprint density at radius 3 is 2.67 bits per heavy atom. The lowest BCUT2D eigenvalue weighted by molar-refractivity contribution is -0.134. The molecule has 1 saturated heterocycles. The summed E-state index contributed by atoms with van der Waals surface area (Å²) in [5.41, 5.74) is 1.45. The molecule has 3 fully saturated rings.